The molecule has 0 atom stereocenters. The number of aromatic nitrogens is 1. The third kappa shape index (κ3) is 21.4. The van der Waals surface area contributed by atoms with E-state index in [1.165, 1.54) is 11.3 Å². The Morgan fingerprint density at radius 3 is 1.30 bits per heavy atom. The van der Waals surface area contributed by atoms with Gasteiger partial charge in [-0.05, 0) is 101 Å². The normalized spacial score (nSPS) is 16.6. The minimum atomic E-state index is -1.39. The molecule has 0 aromatic carbocycles. The highest BCUT2D eigenvalue weighted by molar-refractivity contribution is 9.09. The number of Topliss-reactive ketones (excluding diaryl/α,β-unsaturated/α-hetero) is 1. The number of thiocarbonyl (C=S) groups is 1. The second-order valence-electron chi connectivity index (χ2n) is 17.3. The summed E-state index contributed by atoms with van der Waals surface area (Å²) >= 11 is 9.01. The van der Waals surface area contributed by atoms with Gasteiger partial charge in [-0.3, -0.25) is 9.59 Å². The van der Waals surface area contributed by atoms with E-state index in [0.29, 0.717) is 57.1 Å². The molecule has 18 nitrogen and oxygen atoms in total. The van der Waals surface area contributed by atoms with Gasteiger partial charge in [0.1, 0.15) is 16.8 Å². The maximum absolute atomic E-state index is 12.0. The Labute approximate surface area is 370 Å². The molecule has 0 saturated carbocycles. The lowest BCUT2D eigenvalue weighted by Crippen LogP contribution is -2.43. The summed E-state index contributed by atoms with van der Waals surface area (Å²) in [5, 5.41) is 19.0. The Morgan fingerprint density at radius 2 is 1.05 bits per heavy atom. The van der Waals surface area contributed by atoms with Crippen molar-refractivity contribution >= 4 is 86.4 Å². The van der Waals surface area contributed by atoms with Crippen molar-refractivity contribution in [3.63, 3.8) is 0 Å². The summed E-state index contributed by atoms with van der Waals surface area (Å²) in [6.45, 7) is 20.3. The van der Waals surface area contributed by atoms with Crippen LogP contribution in [0.1, 0.15) is 122 Å². The number of carboxylic acids is 2. The zero-order valence-electron chi connectivity index (χ0n) is 36.1. The van der Waals surface area contributed by atoms with Crippen molar-refractivity contribution < 1.29 is 58.0 Å². The number of carbonyl (C=O) groups excluding carboxylic acids is 5. The molecule has 0 spiro atoms. The predicted octanol–water partition coefficient (Wildman–Crippen LogP) is 6.03. The van der Waals surface area contributed by atoms with Gasteiger partial charge in [-0.25, -0.2) is 29.0 Å². The van der Waals surface area contributed by atoms with E-state index >= 15 is 0 Å². The number of hydrogen-bond donors (Lipinski definition) is 4. The molecular formula is C39H63BrN6O12S2. The van der Waals surface area contributed by atoms with Gasteiger partial charge in [0.25, 0.3) is 0 Å². The summed E-state index contributed by atoms with van der Waals surface area (Å²) in [6.07, 6.45) is 3.68. The van der Waals surface area contributed by atoms with Gasteiger partial charge in [0, 0.05) is 62.4 Å². The molecule has 0 radical (unpaired) electrons. The molecule has 3 aliphatic rings. The lowest BCUT2D eigenvalue weighted by molar-refractivity contribution is -0.147. The molecule has 60 heavy (non-hydrogen) atoms. The molecule has 3 aliphatic heterocycles. The first-order valence-corrected chi connectivity index (χ1v) is 22.0. The number of ketones is 1. The van der Waals surface area contributed by atoms with Crippen molar-refractivity contribution in [1.82, 2.24) is 19.7 Å². The van der Waals surface area contributed by atoms with Gasteiger partial charge < -0.3 is 50.6 Å². The molecule has 6 N–H and O–H groups in total. The number of rotatable bonds is 6. The second-order valence-corrected chi connectivity index (χ2v) is 19.2. The SMILES string of the molecule is CC(C)(C)OC(=O)N1CCC(C(N)=O)CC1.CC(C)(C)OC(=O)N1CCC(C(N)=S)CC1.CC(C)(C)OC(=O)N1CCC(c2nc(C(=O)O)cs2)CC1.O=C(O)C(=O)CBr. The number of likely N-dealkylation sites (tertiary alicyclic amines) is 3. The molecule has 0 unspecified atom stereocenters. The second kappa shape index (κ2) is 24.4. The van der Waals surface area contributed by atoms with Crippen molar-refractivity contribution in [1.29, 1.82) is 0 Å². The summed E-state index contributed by atoms with van der Waals surface area (Å²) in [4.78, 5) is 86.3. The Hall–Kier alpha value is -4.11. The first-order chi connectivity index (χ1) is 27.5. The number of nitrogens with two attached hydrogens (primary N) is 2. The topological polar surface area (TPSA) is 262 Å². The number of piperidine rings is 3. The monoisotopic (exact) mass is 950 g/mol. The minimum Gasteiger partial charge on any atom is -0.476 e. The molecule has 3 fully saturated rings. The van der Waals surface area contributed by atoms with Crippen LogP contribution >= 0.6 is 39.5 Å². The summed E-state index contributed by atoms with van der Waals surface area (Å²) in [5.74, 6) is -3.08. The first-order valence-electron chi connectivity index (χ1n) is 19.6. The summed E-state index contributed by atoms with van der Waals surface area (Å²) in [7, 11) is 0. The van der Waals surface area contributed by atoms with Crippen LogP contribution < -0.4 is 11.5 Å². The zero-order chi connectivity index (χ0) is 46.2. The van der Waals surface area contributed by atoms with Crippen LogP contribution in [0.25, 0.3) is 0 Å². The highest BCUT2D eigenvalue weighted by Crippen LogP contribution is 2.31. The van der Waals surface area contributed by atoms with E-state index < -0.39 is 34.5 Å². The smallest absolute Gasteiger partial charge is 0.410 e. The number of ether oxygens (including phenoxy) is 3. The summed E-state index contributed by atoms with van der Waals surface area (Å²) in [6, 6.07) is 0. The number of thiazole rings is 1. The molecule has 1 aromatic heterocycles. The summed E-state index contributed by atoms with van der Waals surface area (Å²) in [5.41, 5.74) is 9.51. The fourth-order valence-electron chi connectivity index (χ4n) is 5.61. The number of primary amides is 1. The van der Waals surface area contributed by atoms with Crippen LogP contribution in [0.3, 0.4) is 0 Å². The number of carbonyl (C=O) groups is 7. The van der Waals surface area contributed by atoms with Gasteiger partial charge >= 0.3 is 30.2 Å². The van der Waals surface area contributed by atoms with Crippen molar-refractivity contribution in [3.8, 4) is 0 Å². The van der Waals surface area contributed by atoms with Crippen LogP contribution in [-0.2, 0) is 28.6 Å². The number of hydrogen-bond acceptors (Lipinski definition) is 13. The molecule has 1 aromatic rings. The largest absolute Gasteiger partial charge is 0.476 e. The molecule has 21 heteroatoms. The van der Waals surface area contributed by atoms with Crippen LogP contribution in [-0.4, -0.2) is 138 Å². The van der Waals surface area contributed by atoms with E-state index in [2.05, 4.69) is 20.9 Å². The van der Waals surface area contributed by atoms with Gasteiger partial charge in [-0.2, -0.15) is 0 Å². The van der Waals surface area contributed by atoms with Crippen LogP contribution in [0.2, 0.25) is 0 Å². The fraction of sp³-hybridized carbons (Fsp3) is 0.718. The van der Waals surface area contributed by atoms with E-state index in [-0.39, 0.29) is 53.0 Å². The van der Waals surface area contributed by atoms with Crippen molar-refractivity contribution in [2.45, 2.75) is 124 Å². The predicted molar refractivity (Wildman–Crippen MR) is 232 cm³/mol. The number of aliphatic carboxylic acids is 1. The minimum absolute atomic E-state index is 0.0984. The van der Waals surface area contributed by atoms with Gasteiger partial charge in [-0.15, -0.1) is 11.3 Å². The lowest BCUT2D eigenvalue weighted by Gasteiger charge is -2.33. The van der Waals surface area contributed by atoms with Gasteiger partial charge in [0.15, 0.2) is 5.69 Å². The zero-order valence-corrected chi connectivity index (χ0v) is 39.3. The van der Waals surface area contributed by atoms with E-state index in [1.807, 2.05) is 62.3 Å². The van der Waals surface area contributed by atoms with E-state index in [4.69, 9.17) is 48.1 Å². The first kappa shape index (κ1) is 53.9. The van der Waals surface area contributed by atoms with Crippen LogP contribution in [0, 0.1) is 11.8 Å². The van der Waals surface area contributed by atoms with Crippen molar-refractivity contribution in [2.75, 3.05) is 44.6 Å². The molecule has 4 rings (SSSR count). The van der Waals surface area contributed by atoms with Crippen molar-refractivity contribution in [2.24, 2.45) is 23.3 Å². The number of amides is 4. The van der Waals surface area contributed by atoms with Gasteiger partial charge in [0.2, 0.25) is 11.7 Å². The third-order valence-electron chi connectivity index (χ3n) is 8.69. The number of carboxylic acid groups (broad SMARTS) is 2. The molecule has 0 aliphatic carbocycles. The van der Waals surface area contributed by atoms with Gasteiger partial charge in [-0.1, -0.05) is 28.1 Å². The average molecular weight is 952 g/mol. The van der Waals surface area contributed by atoms with E-state index in [9.17, 15) is 33.6 Å². The maximum atomic E-state index is 12.0. The average Bonchev–Trinajstić information content (AvgIpc) is 3.64. The molecular weight excluding hydrogens is 888 g/mol. The third-order valence-corrected chi connectivity index (χ3v) is 10.5. The van der Waals surface area contributed by atoms with Crippen LogP contribution in [0.4, 0.5) is 14.4 Å². The number of alkyl halides is 1. The Bertz CT molecular complexity index is 1570. The van der Waals surface area contributed by atoms with Gasteiger partial charge in [0.05, 0.1) is 15.3 Å². The molecule has 0 bridgehead atoms. The Balaban J connectivity index is 0.000000421. The van der Waals surface area contributed by atoms with E-state index in [1.54, 1.807) is 20.1 Å². The number of aromatic carboxylic acids is 1. The quantitative estimate of drug-likeness (QED) is 0.110. The number of halogens is 1. The highest BCUT2D eigenvalue weighted by Gasteiger charge is 2.31. The van der Waals surface area contributed by atoms with Crippen molar-refractivity contribution in [3.05, 3.63) is 16.1 Å². The maximum Gasteiger partial charge on any atom is 0.410 e. The standard InChI is InChI=1S/C14H20N2O4S.C11H20N2O3.C11H20N2O2S.C3H3BrO3/c1-14(2,3)20-13(19)16-6-4-9(5-7-16)11-15-10(8-21-11)12(17)18;1-11(2,3)16-10(15)13-6-4-8(5-7-13)9(12)14;1-11(2,3)15-10(14)13-6-4-8(5-7-13)9(12)16;4-1-2(5)3(6)7/h8-9H,4-7H2,1-3H3,(H,17,18);8H,4-7H2,1-3H3,(H2,12,14);8H,4-7H2,1-3H3,(H2,12,16);1H2,(H,6,7). The molecule has 4 amide bonds. The van der Waals surface area contributed by atoms with Crippen LogP contribution in [0.5, 0.6) is 0 Å². The highest BCUT2D eigenvalue weighted by atomic mass is 79.9. The van der Waals surface area contributed by atoms with Crippen LogP contribution in [0.15, 0.2) is 5.38 Å². The molecule has 3 saturated heterocycles. The lowest BCUT2D eigenvalue weighted by atomic mass is 9.97. The fourth-order valence-corrected chi connectivity index (χ4v) is 7.05. The summed E-state index contributed by atoms with van der Waals surface area (Å²) < 4.78 is 15.9. The number of nitrogens with zero attached hydrogens (tertiary/aromatic N) is 4. The molecule has 4 heterocycles. The van der Waals surface area contributed by atoms with E-state index in [0.717, 1.165) is 30.7 Å². The molecule has 340 valence electrons. The Kier molecular flexibility index (Phi) is 21.9. The Morgan fingerprint density at radius 1 is 0.700 bits per heavy atom.